The quantitative estimate of drug-likeness (QED) is 0.293. The topological polar surface area (TPSA) is 113 Å². The number of allylic oxidation sites excluding steroid dienone is 3. The van der Waals surface area contributed by atoms with Gasteiger partial charge in [0.15, 0.2) is 22.7 Å². The third-order valence-corrected chi connectivity index (χ3v) is 7.54. The summed E-state index contributed by atoms with van der Waals surface area (Å²) >= 11 is 0. The summed E-state index contributed by atoms with van der Waals surface area (Å²) in [6.07, 6.45) is 2.05. The SMILES string of the molecule is CCOc1ccc(C2CC(=O)C3=C(C2)NC(C)=C(C(=O)OCCOC)C3c2coc3ccccc3c2=O)cc1OC. The lowest BCUT2D eigenvalue weighted by Gasteiger charge is -2.36. The molecule has 1 aliphatic heterocycles. The molecule has 1 aliphatic carbocycles. The molecule has 3 aromatic rings. The van der Waals surface area contributed by atoms with E-state index in [4.69, 9.17) is 23.4 Å². The Morgan fingerprint density at radius 3 is 2.61 bits per heavy atom. The predicted molar refractivity (Wildman–Crippen MR) is 152 cm³/mol. The van der Waals surface area contributed by atoms with Crippen molar-refractivity contribution in [1.29, 1.82) is 0 Å². The number of methoxy groups -OCH3 is 2. The second-order valence-electron chi connectivity index (χ2n) is 10.0. The third-order valence-electron chi connectivity index (χ3n) is 7.54. The van der Waals surface area contributed by atoms with Crippen LogP contribution in [0.5, 0.6) is 11.5 Å². The first kappa shape index (κ1) is 28.2. The number of para-hydroxylation sites is 1. The summed E-state index contributed by atoms with van der Waals surface area (Å²) in [6.45, 7) is 4.41. The lowest BCUT2D eigenvalue weighted by atomic mass is 9.72. The summed E-state index contributed by atoms with van der Waals surface area (Å²) in [5.74, 6) is -0.640. The number of nitrogens with one attached hydrogen (secondary N) is 1. The average Bonchev–Trinajstić information content (AvgIpc) is 2.97. The molecule has 9 nitrogen and oxygen atoms in total. The molecule has 0 bridgehead atoms. The Morgan fingerprint density at radius 1 is 1.05 bits per heavy atom. The minimum absolute atomic E-state index is 0.0344. The third kappa shape index (κ3) is 5.37. The van der Waals surface area contributed by atoms with Crippen LogP contribution < -0.4 is 20.2 Å². The van der Waals surface area contributed by atoms with E-state index >= 15 is 0 Å². The van der Waals surface area contributed by atoms with Gasteiger partial charge in [0.1, 0.15) is 12.2 Å². The van der Waals surface area contributed by atoms with E-state index in [1.165, 1.54) is 13.4 Å². The van der Waals surface area contributed by atoms with E-state index in [0.717, 1.165) is 5.56 Å². The van der Waals surface area contributed by atoms with Crippen molar-refractivity contribution in [3.63, 3.8) is 0 Å². The molecule has 2 unspecified atom stereocenters. The van der Waals surface area contributed by atoms with Gasteiger partial charge in [-0.15, -0.1) is 0 Å². The largest absolute Gasteiger partial charge is 0.493 e. The number of carbonyl (C=O) groups is 2. The number of Topliss-reactive ketones (excluding diaryl/α,β-unsaturated/α-hetero) is 1. The van der Waals surface area contributed by atoms with Gasteiger partial charge < -0.3 is 28.7 Å². The number of ketones is 1. The van der Waals surface area contributed by atoms with Crippen molar-refractivity contribution in [3.05, 3.63) is 92.6 Å². The first-order valence-corrected chi connectivity index (χ1v) is 13.6. The zero-order valence-electron chi connectivity index (χ0n) is 23.6. The number of hydrogen-bond acceptors (Lipinski definition) is 9. The van der Waals surface area contributed by atoms with Crippen molar-refractivity contribution in [2.45, 2.75) is 38.5 Å². The number of dihydropyridines is 1. The molecule has 0 fully saturated rings. The average molecular weight is 560 g/mol. The Labute approximate surface area is 237 Å². The normalized spacial score (nSPS) is 18.7. The van der Waals surface area contributed by atoms with E-state index < -0.39 is 11.9 Å². The molecule has 0 radical (unpaired) electrons. The van der Waals surface area contributed by atoms with Crippen LogP contribution in [-0.4, -0.2) is 45.8 Å². The van der Waals surface area contributed by atoms with Gasteiger partial charge in [-0.2, -0.15) is 0 Å². The number of benzene rings is 2. The molecule has 1 N–H and O–H groups in total. The van der Waals surface area contributed by atoms with Crippen molar-refractivity contribution in [1.82, 2.24) is 5.32 Å². The van der Waals surface area contributed by atoms with Crippen molar-refractivity contribution < 1.29 is 33.0 Å². The molecule has 2 aliphatic rings. The molecule has 9 heteroatoms. The highest BCUT2D eigenvalue weighted by molar-refractivity contribution is 6.04. The Hall–Kier alpha value is -4.37. The number of fused-ring (bicyclic) bond motifs is 1. The number of rotatable bonds is 9. The molecule has 0 amide bonds. The van der Waals surface area contributed by atoms with Crippen molar-refractivity contribution in [2.24, 2.45) is 0 Å². The maximum absolute atomic E-state index is 13.9. The van der Waals surface area contributed by atoms with Crippen molar-refractivity contribution in [2.75, 3.05) is 34.0 Å². The van der Waals surface area contributed by atoms with Gasteiger partial charge in [-0.25, -0.2) is 4.79 Å². The fourth-order valence-corrected chi connectivity index (χ4v) is 5.66. The number of hydrogen-bond donors (Lipinski definition) is 1. The smallest absolute Gasteiger partial charge is 0.336 e. The number of ether oxygens (including phenoxy) is 4. The van der Waals surface area contributed by atoms with Crippen LogP contribution in [0.2, 0.25) is 0 Å². The van der Waals surface area contributed by atoms with Gasteiger partial charge in [0, 0.05) is 36.1 Å². The lowest BCUT2D eigenvalue weighted by molar-refractivity contribution is -0.140. The first-order chi connectivity index (χ1) is 19.9. The minimum Gasteiger partial charge on any atom is -0.493 e. The fraction of sp³-hybridized carbons (Fsp3) is 0.344. The van der Waals surface area contributed by atoms with Crippen LogP contribution in [0, 0.1) is 0 Å². The summed E-state index contributed by atoms with van der Waals surface area (Å²) in [5.41, 5.74) is 3.04. The van der Waals surface area contributed by atoms with Crippen LogP contribution in [0.3, 0.4) is 0 Å². The van der Waals surface area contributed by atoms with E-state index in [-0.39, 0.29) is 47.9 Å². The van der Waals surface area contributed by atoms with E-state index in [9.17, 15) is 14.4 Å². The maximum Gasteiger partial charge on any atom is 0.336 e. The molecule has 5 rings (SSSR count). The van der Waals surface area contributed by atoms with E-state index in [0.29, 0.717) is 52.5 Å². The maximum atomic E-state index is 13.9. The molecule has 2 atom stereocenters. The summed E-state index contributed by atoms with van der Waals surface area (Å²) < 4.78 is 27.5. The monoisotopic (exact) mass is 559 g/mol. The molecule has 41 heavy (non-hydrogen) atoms. The highest BCUT2D eigenvalue weighted by atomic mass is 16.6. The minimum atomic E-state index is -0.939. The Bertz CT molecular complexity index is 1620. The first-order valence-electron chi connectivity index (χ1n) is 13.6. The molecule has 2 heterocycles. The van der Waals surface area contributed by atoms with Crippen molar-refractivity contribution in [3.8, 4) is 11.5 Å². The molecule has 0 spiro atoms. The second-order valence-corrected chi connectivity index (χ2v) is 10.0. The predicted octanol–water partition coefficient (Wildman–Crippen LogP) is 4.75. The Kier molecular flexibility index (Phi) is 8.26. The molecule has 0 saturated carbocycles. The highest BCUT2D eigenvalue weighted by Crippen LogP contribution is 2.46. The van der Waals surface area contributed by atoms with Crippen LogP contribution in [-0.2, 0) is 19.1 Å². The number of carbonyl (C=O) groups excluding carboxylic acids is 2. The molecule has 0 saturated heterocycles. The molecule has 1 aromatic heterocycles. The van der Waals surface area contributed by atoms with Crippen LogP contribution >= 0.6 is 0 Å². The number of esters is 1. The molecule has 2 aromatic carbocycles. The van der Waals surface area contributed by atoms with E-state index in [2.05, 4.69) is 5.32 Å². The molecule has 214 valence electrons. The Balaban J connectivity index is 1.59. The fourth-order valence-electron chi connectivity index (χ4n) is 5.66. The van der Waals surface area contributed by atoms with Gasteiger partial charge in [-0.05, 0) is 56.0 Å². The Morgan fingerprint density at radius 2 is 1.85 bits per heavy atom. The highest BCUT2D eigenvalue weighted by Gasteiger charge is 2.43. The van der Waals surface area contributed by atoms with Gasteiger partial charge in [-0.3, -0.25) is 9.59 Å². The molecular formula is C32H33NO8. The summed E-state index contributed by atoms with van der Waals surface area (Å²) in [6, 6.07) is 12.6. The summed E-state index contributed by atoms with van der Waals surface area (Å²) in [5, 5.41) is 3.68. The van der Waals surface area contributed by atoms with Gasteiger partial charge in [-0.1, -0.05) is 18.2 Å². The summed E-state index contributed by atoms with van der Waals surface area (Å²) in [4.78, 5) is 41.1. The zero-order valence-corrected chi connectivity index (χ0v) is 23.6. The van der Waals surface area contributed by atoms with Crippen LogP contribution in [0.15, 0.2) is 80.5 Å². The summed E-state index contributed by atoms with van der Waals surface area (Å²) in [7, 11) is 3.09. The van der Waals surface area contributed by atoms with Gasteiger partial charge in [0.25, 0.3) is 0 Å². The van der Waals surface area contributed by atoms with Crippen LogP contribution in [0.1, 0.15) is 49.7 Å². The standard InChI is InChI=1S/C32H33NO8/c1-5-39-26-11-10-19(16-27(26)38-4)20-14-23-30(24(34)15-20)29(28(18(2)33-23)32(36)40-13-12-37-3)22-17-41-25-9-7-6-8-21(25)31(22)35/h6-11,16-17,20,29,33H,5,12-15H2,1-4H3. The zero-order chi connectivity index (χ0) is 29.1. The van der Waals surface area contributed by atoms with E-state index in [1.807, 2.05) is 25.1 Å². The van der Waals surface area contributed by atoms with Gasteiger partial charge in [0.2, 0.25) is 0 Å². The van der Waals surface area contributed by atoms with Gasteiger partial charge in [0.05, 0.1) is 43.5 Å². The second kappa shape index (κ2) is 12.0. The van der Waals surface area contributed by atoms with Gasteiger partial charge >= 0.3 is 5.97 Å². The lowest BCUT2D eigenvalue weighted by Crippen LogP contribution is -2.37. The van der Waals surface area contributed by atoms with Crippen LogP contribution in [0.25, 0.3) is 11.0 Å². The molecular weight excluding hydrogens is 526 g/mol. The van der Waals surface area contributed by atoms with Crippen LogP contribution in [0.4, 0.5) is 0 Å². The van der Waals surface area contributed by atoms with Crippen molar-refractivity contribution >= 4 is 22.7 Å². The van der Waals surface area contributed by atoms with E-state index in [1.54, 1.807) is 38.3 Å².